The van der Waals surface area contributed by atoms with Crippen molar-refractivity contribution in [3.05, 3.63) is 34.3 Å². The van der Waals surface area contributed by atoms with Gasteiger partial charge in [-0.05, 0) is 30.9 Å². The minimum Gasteiger partial charge on any atom is -0.341 e. The number of hydrogen-bond acceptors (Lipinski definition) is 2. The molecule has 2 atom stereocenters. The van der Waals surface area contributed by atoms with E-state index in [-0.39, 0.29) is 5.91 Å². The molecule has 2 bridgehead atoms. The summed E-state index contributed by atoms with van der Waals surface area (Å²) >= 11 is 3.51. The molecule has 0 spiro atoms. The summed E-state index contributed by atoms with van der Waals surface area (Å²) in [4.78, 5) is 14.5. The van der Waals surface area contributed by atoms with Gasteiger partial charge in [0.15, 0.2) is 0 Å². The van der Waals surface area contributed by atoms with Gasteiger partial charge in [0, 0.05) is 29.6 Å². The molecule has 4 heteroatoms. The molecule has 2 unspecified atom stereocenters. The molecule has 3 nitrogen and oxygen atoms in total. The zero-order valence-corrected chi connectivity index (χ0v) is 12.5. The highest BCUT2D eigenvalue weighted by molar-refractivity contribution is 9.10. The SMILES string of the molecule is O=C(Cc1ccccc1Br)N1CCC2CCC(C1)N2. The quantitative estimate of drug-likeness (QED) is 0.906. The van der Waals surface area contributed by atoms with Crippen molar-refractivity contribution in [2.24, 2.45) is 0 Å². The third-order valence-corrected chi connectivity index (χ3v) is 4.95. The van der Waals surface area contributed by atoms with E-state index in [1.807, 2.05) is 29.2 Å². The number of rotatable bonds is 2. The van der Waals surface area contributed by atoms with Crippen LogP contribution < -0.4 is 5.32 Å². The fourth-order valence-corrected chi connectivity index (χ4v) is 3.51. The summed E-state index contributed by atoms with van der Waals surface area (Å²) in [5, 5.41) is 3.61. The molecule has 0 aromatic heterocycles. The van der Waals surface area contributed by atoms with E-state index in [1.54, 1.807) is 0 Å². The maximum absolute atomic E-state index is 12.4. The fourth-order valence-electron chi connectivity index (χ4n) is 3.09. The van der Waals surface area contributed by atoms with Crippen LogP contribution in [0.2, 0.25) is 0 Å². The van der Waals surface area contributed by atoms with E-state index in [2.05, 4.69) is 21.2 Å². The summed E-state index contributed by atoms with van der Waals surface area (Å²) in [6.45, 7) is 1.78. The molecular weight excluding hydrogens is 304 g/mol. The maximum Gasteiger partial charge on any atom is 0.227 e. The molecule has 2 aliphatic rings. The van der Waals surface area contributed by atoms with Gasteiger partial charge in [-0.15, -0.1) is 0 Å². The summed E-state index contributed by atoms with van der Waals surface area (Å²) in [5.74, 6) is 0.251. The zero-order chi connectivity index (χ0) is 13.2. The number of carbonyl (C=O) groups is 1. The van der Waals surface area contributed by atoms with Crippen molar-refractivity contribution in [3.63, 3.8) is 0 Å². The Morgan fingerprint density at radius 2 is 2.05 bits per heavy atom. The van der Waals surface area contributed by atoms with E-state index >= 15 is 0 Å². The second kappa shape index (κ2) is 5.63. The van der Waals surface area contributed by atoms with Gasteiger partial charge in [-0.1, -0.05) is 34.1 Å². The minimum absolute atomic E-state index is 0.251. The molecule has 102 valence electrons. The summed E-state index contributed by atoms with van der Waals surface area (Å²) < 4.78 is 1.03. The molecule has 1 amide bonds. The van der Waals surface area contributed by atoms with Crippen molar-refractivity contribution in [3.8, 4) is 0 Å². The average molecular weight is 323 g/mol. The lowest BCUT2D eigenvalue weighted by Gasteiger charge is -2.24. The first kappa shape index (κ1) is 13.1. The Morgan fingerprint density at radius 1 is 1.26 bits per heavy atom. The minimum atomic E-state index is 0.251. The van der Waals surface area contributed by atoms with Gasteiger partial charge in [-0.2, -0.15) is 0 Å². The van der Waals surface area contributed by atoms with Crippen LogP contribution >= 0.6 is 15.9 Å². The van der Waals surface area contributed by atoms with Crippen molar-refractivity contribution < 1.29 is 4.79 Å². The number of likely N-dealkylation sites (tertiary alicyclic amines) is 1. The lowest BCUT2D eigenvalue weighted by Crippen LogP contribution is -2.39. The van der Waals surface area contributed by atoms with Crippen LogP contribution in [-0.2, 0) is 11.2 Å². The molecule has 2 fully saturated rings. The highest BCUT2D eigenvalue weighted by atomic mass is 79.9. The van der Waals surface area contributed by atoms with E-state index in [1.165, 1.54) is 12.8 Å². The number of amides is 1. The van der Waals surface area contributed by atoms with E-state index in [4.69, 9.17) is 0 Å². The molecule has 2 aliphatic heterocycles. The molecule has 1 N–H and O–H groups in total. The van der Waals surface area contributed by atoms with Gasteiger partial charge in [-0.25, -0.2) is 0 Å². The monoisotopic (exact) mass is 322 g/mol. The van der Waals surface area contributed by atoms with Gasteiger partial charge in [0.1, 0.15) is 0 Å². The molecule has 0 radical (unpaired) electrons. The van der Waals surface area contributed by atoms with Crippen LogP contribution in [0, 0.1) is 0 Å². The third kappa shape index (κ3) is 3.00. The fraction of sp³-hybridized carbons (Fsp3) is 0.533. The van der Waals surface area contributed by atoms with Crippen LogP contribution in [0.1, 0.15) is 24.8 Å². The van der Waals surface area contributed by atoms with Crippen molar-refractivity contribution in [2.75, 3.05) is 13.1 Å². The number of benzene rings is 1. The van der Waals surface area contributed by atoms with Crippen LogP contribution in [-0.4, -0.2) is 36.0 Å². The standard InChI is InChI=1S/C15H19BrN2O/c16-14-4-2-1-3-11(14)9-15(19)18-8-7-12-5-6-13(10-18)17-12/h1-4,12-13,17H,5-10H2. The Kier molecular flexibility index (Phi) is 3.89. The van der Waals surface area contributed by atoms with E-state index in [0.717, 1.165) is 29.5 Å². The van der Waals surface area contributed by atoms with Crippen molar-refractivity contribution in [1.82, 2.24) is 10.2 Å². The van der Waals surface area contributed by atoms with Gasteiger partial charge in [0.25, 0.3) is 0 Å². The van der Waals surface area contributed by atoms with Crippen molar-refractivity contribution in [2.45, 2.75) is 37.8 Å². The summed E-state index contributed by atoms with van der Waals surface area (Å²) in [5.41, 5.74) is 1.08. The summed E-state index contributed by atoms with van der Waals surface area (Å²) in [7, 11) is 0. The lowest BCUT2D eigenvalue weighted by molar-refractivity contribution is -0.130. The number of halogens is 1. The van der Waals surface area contributed by atoms with E-state index in [0.29, 0.717) is 18.5 Å². The van der Waals surface area contributed by atoms with Crippen molar-refractivity contribution >= 4 is 21.8 Å². The highest BCUT2D eigenvalue weighted by Gasteiger charge is 2.31. The Bertz CT molecular complexity index is 477. The molecular formula is C15H19BrN2O. The predicted octanol–water partition coefficient (Wildman–Crippen LogP) is 2.34. The molecule has 3 rings (SSSR count). The Morgan fingerprint density at radius 3 is 2.89 bits per heavy atom. The van der Waals surface area contributed by atoms with Gasteiger partial charge in [0.2, 0.25) is 5.91 Å². The molecule has 1 aromatic rings. The zero-order valence-electron chi connectivity index (χ0n) is 10.9. The second-order valence-electron chi connectivity index (χ2n) is 5.53. The Balaban J connectivity index is 1.66. The number of nitrogens with one attached hydrogen (secondary N) is 1. The number of fused-ring (bicyclic) bond motifs is 2. The topological polar surface area (TPSA) is 32.3 Å². The molecule has 19 heavy (non-hydrogen) atoms. The lowest BCUT2D eigenvalue weighted by atomic mass is 10.1. The normalized spacial score (nSPS) is 26.3. The van der Waals surface area contributed by atoms with Crippen LogP contribution in [0.4, 0.5) is 0 Å². The second-order valence-corrected chi connectivity index (χ2v) is 6.39. The van der Waals surface area contributed by atoms with E-state index < -0.39 is 0 Å². The highest BCUT2D eigenvalue weighted by Crippen LogP contribution is 2.22. The van der Waals surface area contributed by atoms with Gasteiger partial charge < -0.3 is 10.2 Å². The Labute approximate surface area is 122 Å². The van der Waals surface area contributed by atoms with Gasteiger partial charge in [0.05, 0.1) is 6.42 Å². The smallest absolute Gasteiger partial charge is 0.227 e. The van der Waals surface area contributed by atoms with Crippen molar-refractivity contribution in [1.29, 1.82) is 0 Å². The van der Waals surface area contributed by atoms with Crippen LogP contribution in [0.5, 0.6) is 0 Å². The number of nitrogens with zero attached hydrogens (tertiary/aromatic N) is 1. The number of carbonyl (C=O) groups excluding carboxylic acids is 1. The van der Waals surface area contributed by atoms with Crippen LogP contribution in [0.15, 0.2) is 28.7 Å². The Hall–Kier alpha value is -0.870. The molecule has 2 heterocycles. The first-order valence-electron chi connectivity index (χ1n) is 6.99. The van der Waals surface area contributed by atoms with Crippen LogP contribution in [0.3, 0.4) is 0 Å². The first-order valence-corrected chi connectivity index (χ1v) is 7.79. The molecule has 0 saturated carbocycles. The maximum atomic E-state index is 12.4. The third-order valence-electron chi connectivity index (χ3n) is 4.18. The predicted molar refractivity (Wildman–Crippen MR) is 79.0 cm³/mol. The van der Waals surface area contributed by atoms with Gasteiger partial charge in [-0.3, -0.25) is 4.79 Å². The number of hydrogen-bond donors (Lipinski definition) is 1. The van der Waals surface area contributed by atoms with Crippen LogP contribution in [0.25, 0.3) is 0 Å². The largest absolute Gasteiger partial charge is 0.341 e. The molecule has 1 aromatic carbocycles. The summed E-state index contributed by atoms with van der Waals surface area (Å²) in [6, 6.07) is 9.12. The molecule has 0 aliphatic carbocycles. The van der Waals surface area contributed by atoms with E-state index in [9.17, 15) is 4.79 Å². The molecule has 2 saturated heterocycles. The first-order chi connectivity index (χ1) is 9.22. The van der Waals surface area contributed by atoms with Gasteiger partial charge >= 0.3 is 0 Å². The average Bonchev–Trinajstić information content (AvgIpc) is 2.71. The summed E-state index contributed by atoms with van der Waals surface area (Å²) in [6.07, 6.45) is 4.08.